The molecule has 1 N–H and O–H groups in total. The van der Waals surface area contributed by atoms with Crippen LogP contribution in [0.2, 0.25) is 0 Å². The molecular formula is C15H14N2O. The molecule has 0 saturated heterocycles. The van der Waals surface area contributed by atoms with E-state index >= 15 is 0 Å². The van der Waals surface area contributed by atoms with Crippen molar-refractivity contribution >= 4 is 11.6 Å². The third kappa shape index (κ3) is 1.64. The van der Waals surface area contributed by atoms with Gasteiger partial charge in [0.2, 0.25) is 0 Å². The highest BCUT2D eigenvalue weighted by molar-refractivity contribution is 6.01. The first-order valence-corrected chi connectivity index (χ1v) is 5.95. The van der Waals surface area contributed by atoms with Gasteiger partial charge in [0.1, 0.15) is 6.17 Å². The number of nitrogens with one attached hydrogen (secondary N) is 1. The summed E-state index contributed by atoms with van der Waals surface area (Å²) in [6.07, 6.45) is -0.103. The fraction of sp³-hybridized carbons (Fsp3) is 0.133. The molecule has 1 aliphatic rings. The molecule has 1 aliphatic heterocycles. The molecule has 18 heavy (non-hydrogen) atoms. The molecular weight excluding hydrogens is 224 g/mol. The maximum Gasteiger partial charge on any atom is 0.255 e. The Balaban J connectivity index is 2.05. The molecule has 1 atom stereocenters. The lowest BCUT2D eigenvalue weighted by atomic mass is 10.0. The monoisotopic (exact) mass is 238 g/mol. The Kier molecular flexibility index (Phi) is 2.52. The zero-order chi connectivity index (χ0) is 12.5. The molecule has 1 amide bonds. The van der Waals surface area contributed by atoms with Crippen LogP contribution in [0.15, 0.2) is 54.6 Å². The average molecular weight is 238 g/mol. The van der Waals surface area contributed by atoms with E-state index in [0.717, 1.165) is 16.8 Å². The Bertz CT molecular complexity index is 580. The molecule has 0 saturated carbocycles. The van der Waals surface area contributed by atoms with E-state index < -0.39 is 0 Å². The van der Waals surface area contributed by atoms with Crippen molar-refractivity contribution in [2.24, 2.45) is 0 Å². The van der Waals surface area contributed by atoms with Gasteiger partial charge in [0, 0.05) is 7.05 Å². The van der Waals surface area contributed by atoms with E-state index in [1.807, 2.05) is 61.6 Å². The minimum atomic E-state index is -0.103. The summed E-state index contributed by atoms with van der Waals surface area (Å²) in [6, 6.07) is 17.6. The predicted molar refractivity (Wildman–Crippen MR) is 71.5 cm³/mol. The van der Waals surface area contributed by atoms with Gasteiger partial charge in [0.25, 0.3) is 5.91 Å². The highest BCUT2D eigenvalue weighted by Crippen LogP contribution is 2.31. The van der Waals surface area contributed by atoms with E-state index in [-0.39, 0.29) is 12.1 Å². The molecule has 0 fully saturated rings. The number of rotatable bonds is 1. The van der Waals surface area contributed by atoms with Crippen molar-refractivity contribution in [2.75, 3.05) is 11.9 Å². The predicted octanol–water partition coefficient (Wildman–Crippen LogP) is 2.57. The summed E-state index contributed by atoms with van der Waals surface area (Å²) >= 11 is 0. The number of para-hydroxylation sites is 1. The summed E-state index contributed by atoms with van der Waals surface area (Å²) in [4.78, 5) is 14.2. The van der Waals surface area contributed by atoms with Gasteiger partial charge in [0.15, 0.2) is 0 Å². The van der Waals surface area contributed by atoms with E-state index in [9.17, 15) is 4.79 Å². The zero-order valence-electron chi connectivity index (χ0n) is 10.1. The molecule has 2 aromatic rings. The molecule has 0 radical (unpaired) electrons. The number of carbonyl (C=O) groups excluding carboxylic acids is 1. The summed E-state index contributed by atoms with van der Waals surface area (Å²) < 4.78 is 0. The second-order valence-electron chi connectivity index (χ2n) is 4.41. The Labute approximate surface area is 106 Å². The van der Waals surface area contributed by atoms with Crippen molar-refractivity contribution in [3.8, 4) is 0 Å². The van der Waals surface area contributed by atoms with Crippen LogP contribution in [0, 0.1) is 0 Å². The minimum absolute atomic E-state index is 0.0162. The van der Waals surface area contributed by atoms with Crippen LogP contribution >= 0.6 is 0 Å². The van der Waals surface area contributed by atoms with E-state index in [1.54, 1.807) is 0 Å². The van der Waals surface area contributed by atoms with E-state index in [0.29, 0.717) is 0 Å². The van der Waals surface area contributed by atoms with Gasteiger partial charge in [-0.15, -0.1) is 0 Å². The second-order valence-corrected chi connectivity index (χ2v) is 4.41. The summed E-state index contributed by atoms with van der Waals surface area (Å²) in [5.74, 6) is -0.0162. The number of fused-ring (bicyclic) bond motifs is 1. The summed E-state index contributed by atoms with van der Waals surface area (Å²) in [7, 11) is 2.00. The van der Waals surface area contributed by atoms with E-state index in [4.69, 9.17) is 0 Å². The first kappa shape index (κ1) is 10.8. The van der Waals surface area contributed by atoms with Crippen molar-refractivity contribution in [2.45, 2.75) is 6.17 Å². The van der Waals surface area contributed by atoms with Gasteiger partial charge in [0.05, 0.1) is 11.3 Å². The van der Waals surface area contributed by atoms with Crippen LogP contribution in [0.5, 0.6) is 0 Å². The molecule has 90 valence electrons. The minimum Gasteiger partial charge on any atom is -0.350 e. The largest absolute Gasteiger partial charge is 0.350 e. The molecule has 3 heteroatoms. The molecule has 1 heterocycles. The topological polar surface area (TPSA) is 32.3 Å². The van der Waals surface area contributed by atoms with Crippen molar-refractivity contribution in [1.82, 2.24) is 5.32 Å². The number of hydrogen-bond acceptors (Lipinski definition) is 2. The number of hydrogen-bond donors (Lipinski definition) is 1. The zero-order valence-corrected chi connectivity index (χ0v) is 10.1. The molecule has 3 nitrogen and oxygen atoms in total. The lowest BCUT2D eigenvalue weighted by Gasteiger charge is -2.36. The van der Waals surface area contributed by atoms with E-state index in [1.165, 1.54) is 0 Å². The molecule has 0 aliphatic carbocycles. The summed E-state index contributed by atoms with van der Waals surface area (Å²) in [5.41, 5.74) is 2.78. The molecule has 0 spiro atoms. The summed E-state index contributed by atoms with van der Waals surface area (Å²) in [6.45, 7) is 0. The Morgan fingerprint density at radius 1 is 1.00 bits per heavy atom. The standard InChI is InChI=1S/C15H14N2O/c1-17-13-10-6-5-9-12(13)15(18)16-14(17)11-7-3-2-4-8-11/h2-10,14H,1H3,(H,16,18)/t14-/m0/s1. The van der Waals surface area contributed by atoms with Crippen LogP contribution in [0.4, 0.5) is 5.69 Å². The number of amides is 1. The van der Waals surface area contributed by atoms with Gasteiger partial charge in [-0.1, -0.05) is 42.5 Å². The molecule has 0 bridgehead atoms. The fourth-order valence-corrected chi connectivity index (χ4v) is 2.35. The number of carbonyl (C=O) groups is 1. The van der Waals surface area contributed by atoms with Gasteiger partial charge in [-0.2, -0.15) is 0 Å². The first-order valence-electron chi connectivity index (χ1n) is 5.95. The number of nitrogens with zero attached hydrogens (tertiary/aromatic N) is 1. The normalized spacial score (nSPS) is 18.2. The van der Waals surface area contributed by atoms with Crippen LogP contribution in [0.1, 0.15) is 22.1 Å². The van der Waals surface area contributed by atoms with Crippen LogP contribution in [0.25, 0.3) is 0 Å². The van der Waals surface area contributed by atoms with Gasteiger partial charge in [-0.05, 0) is 17.7 Å². The van der Waals surface area contributed by atoms with Crippen molar-refractivity contribution in [3.63, 3.8) is 0 Å². The van der Waals surface area contributed by atoms with Crippen molar-refractivity contribution < 1.29 is 4.79 Å². The number of anilines is 1. The van der Waals surface area contributed by atoms with Gasteiger partial charge < -0.3 is 10.2 Å². The first-order chi connectivity index (χ1) is 8.77. The molecule has 3 rings (SSSR count). The average Bonchev–Trinajstić information content (AvgIpc) is 2.44. The van der Waals surface area contributed by atoms with Crippen LogP contribution in [0.3, 0.4) is 0 Å². The lowest BCUT2D eigenvalue weighted by molar-refractivity contribution is 0.0928. The second kappa shape index (κ2) is 4.18. The Morgan fingerprint density at radius 2 is 1.67 bits per heavy atom. The van der Waals surface area contributed by atoms with E-state index in [2.05, 4.69) is 10.2 Å². The van der Waals surface area contributed by atoms with Crippen molar-refractivity contribution in [3.05, 3.63) is 65.7 Å². The number of benzene rings is 2. The maximum atomic E-state index is 12.1. The van der Waals surface area contributed by atoms with Crippen LogP contribution < -0.4 is 10.2 Å². The van der Waals surface area contributed by atoms with Crippen LogP contribution in [-0.2, 0) is 0 Å². The maximum absolute atomic E-state index is 12.1. The van der Waals surface area contributed by atoms with Gasteiger partial charge in [-0.25, -0.2) is 0 Å². The van der Waals surface area contributed by atoms with Crippen LogP contribution in [-0.4, -0.2) is 13.0 Å². The Morgan fingerprint density at radius 3 is 2.44 bits per heavy atom. The molecule has 0 unspecified atom stereocenters. The lowest BCUT2D eigenvalue weighted by Crippen LogP contribution is -2.44. The summed E-state index contributed by atoms with van der Waals surface area (Å²) in [5, 5.41) is 3.03. The third-order valence-corrected chi connectivity index (χ3v) is 3.30. The fourth-order valence-electron chi connectivity index (χ4n) is 2.35. The van der Waals surface area contributed by atoms with Crippen molar-refractivity contribution in [1.29, 1.82) is 0 Å². The third-order valence-electron chi connectivity index (χ3n) is 3.30. The molecule has 2 aromatic carbocycles. The highest BCUT2D eigenvalue weighted by Gasteiger charge is 2.28. The van der Waals surface area contributed by atoms with Gasteiger partial charge >= 0.3 is 0 Å². The smallest absolute Gasteiger partial charge is 0.255 e. The highest BCUT2D eigenvalue weighted by atomic mass is 16.2. The Hall–Kier alpha value is -2.29. The SMILES string of the molecule is CN1c2ccccc2C(=O)N[C@@H]1c1ccccc1. The molecule has 0 aromatic heterocycles. The van der Waals surface area contributed by atoms with Gasteiger partial charge in [-0.3, -0.25) is 4.79 Å². The quantitative estimate of drug-likeness (QED) is 0.828.